The minimum atomic E-state index is 0.106. The second-order valence-electron chi connectivity index (χ2n) is 4.30. The third kappa shape index (κ3) is 1.95. The first-order chi connectivity index (χ1) is 8.72. The van der Waals surface area contributed by atoms with Crippen molar-refractivity contribution in [3.05, 3.63) is 41.6 Å². The molecule has 1 aromatic heterocycles. The Labute approximate surface area is 105 Å². The van der Waals surface area contributed by atoms with Gasteiger partial charge in [0.1, 0.15) is 18.2 Å². The van der Waals surface area contributed by atoms with Crippen molar-refractivity contribution in [1.29, 1.82) is 0 Å². The van der Waals surface area contributed by atoms with Crippen LogP contribution in [0, 0.1) is 6.92 Å². The van der Waals surface area contributed by atoms with Gasteiger partial charge in [0.2, 0.25) is 5.95 Å². The highest BCUT2D eigenvalue weighted by atomic mass is 16.5. The number of rotatable bonds is 2. The van der Waals surface area contributed by atoms with Gasteiger partial charge in [-0.1, -0.05) is 18.2 Å². The zero-order chi connectivity index (χ0) is 12.5. The fourth-order valence-electron chi connectivity index (χ4n) is 2.13. The molecule has 0 radical (unpaired) electrons. The van der Waals surface area contributed by atoms with Crippen molar-refractivity contribution in [2.45, 2.75) is 13.0 Å². The number of nitrogens with zero attached hydrogens (tertiary/aromatic N) is 2. The highest BCUT2D eigenvalue weighted by Gasteiger charge is 2.23. The number of nitrogens with one attached hydrogen (secondary N) is 1. The molecule has 0 fully saturated rings. The highest BCUT2D eigenvalue weighted by Crippen LogP contribution is 2.33. The molecule has 0 aliphatic carbocycles. The second-order valence-corrected chi connectivity index (χ2v) is 4.30. The summed E-state index contributed by atoms with van der Waals surface area (Å²) >= 11 is 0. The minimum Gasteiger partial charge on any atom is -0.491 e. The summed E-state index contributed by atoms with van der Waals surface area (Å²) in [6, 6.07) is 9.97. The molecule has 1 aromatic carbocycles. The first kappa shape index (κ1) is 10.8. The van der Waals surface area contributed by atoms with E-state index in [9.17, 15) is 0 Å². The van der Waals surface area contributed by atoms with E-state index in [1.807, 2.05) is 31.2 Å². The molecule has 0 saturated heterocycles. The van der Waals surface area contributed by atoms with Crippen LogP contribution in [0.1, 0.15) is 17.3 Å². The summed E-state index contributed by atoms with van der Waals surface area (Å²) in [5, 5.41) is 3.32. The van der Waals surface area contributed by atoms with E-state index in [0.717, 1.165) is 22.8 Å². The van der Waals surface area contributed by atoms with Crippen molar-refractivity contribution < 1.29 is 4.74 Å². The lowest BCUT2D eigenvalue weighted by Crippen LogP contribution is -2.14. The minimum absolute atomic E-state index is 0.106. The van der Waals surface area contributed by atoms with Gasteiger partial charge >= 0.3 is 0 Å². The molecular formula is C13H14N4O. The maximum atomic E-state index is 5.63. The van der Waals surface area contributed by atoms with Crippen molar-refractivity contribution in [2.75, 3.05) is 17.7 Å². The smallest absolute Gasteiger partial charge is 0.222 e. The fourth-order valence-corrected chi connectivity index (χ4v) is 2.13. The fraction of sp³-hybridized carbons (Fsp3) is 0.231. The predicted molar refractivity (Wildman–Crippen MR) is 69.5 cm³/mol. The molecule has 0 spiro atoms. The topological polar surface area (TPSA) is 73.1 Å². The lowest BCUT2D eigenvalue weighted by molar-refractivity contribution is 0.339. The number of aryl methyl sites for hydroxylation is 1. The first-order valence-corrected chi connectivity index (χ1v) is 5.82. The molecule has 0 amide bonds. The molecule has 18 heavy (non-hydrogen) atoms. The molecule has 5 heteroatoms. The molecule has 1 aliphatic heterocycles. The van der Waals surface area contributed by atoms with E-state index >= 15 is 0 Å². The molecule has 3 N–H and O–H groups in total. The highest BCUT2D eigenvalue weighted by molar-refractivity contribution is 5.47. The molecule has 3 rings (SSSR count). The largest absolute Gasteiger partial charge is 0.491 e. The molecule has 1 unspecified atom stereocenters. The van der Waals surface area contributed by atoms with Gasteiger partial charge in [-0.05, 0) is 13.0 Å². The van der Waals surface area contributed by atoms with Crippen LogP contribution in [0.5, 0.6) is 5.75 Å². The van der Waals surface area contributed by atoms with Crippen LogP contribution in [0.25, 0.3) is 0 Å². The van der Waals surface area contributed by atoms with Gasteiger partial charge in [-0.25, -0.2) is 4.98 Å². The average Bonchev–Trinajstić information content (AvgIpc) is 2.72. The van der Waals surface area contributed by atoms with E-state index in [2.05, 4.69) is 21.4 Å². The lowest BCUT2D eigenvalue weighted by Gasteiger charge is -2.12. The number of hydrogen-bond acceptors (Lipinski definition) is 5. The third-order valence-corrected chi connectivity index (χ3v) is 2.89. The van der Waals surface area contributed by atoms with E-state index in [-0.39, 0.29) is 12.0 Å². The summed E-state index contributed by atoms with van der Waals surface area (Å²) in [6.45, 7) is 2.49. The van der Waals surface area contributed by atoms with Crippen molar-refractivity contribution in [2.24, 2.45) is 0 Å². The molecule has 2 aromatic rings. The summed E-state index contributed by atoms with van der Waals surface area (Å²) in [4.78, 5) is 8.22. The summed E-state index contributed by atoms with van der Waals surface area (Å²) in [7, 11) is 0. The van der Waals surface area contributed by atoms with Crippen molar-refractivity contribution >= 4 is 11.8 Å². The van der Waals surface area contributed by atoms with Gasteiger partial charge in [0.05, 0.1) is 6.04 Å². The molecule has 1 aliphatic rings. The van der Waals surface area contributed by atoms with E-state index in [0.29, 0.717) is 6.61 Å². The Kier molecular flexibility index (Phi) is 2.51. The second kappa shape index (κ2) is 4.18. The van der Waals surface area contributed by atoms with Crippen molar-refractivity contribution in [3.8, 4) is 5.75 Å². The van der Waals surface area contributed by atoms with Crippen LogP contribution in [-0.2, 0) is 0 Å². The molecule has 1 atom stereocenters. The number of benzene rings is 1. The third-order valence-electron chi connectivity index (χ3n) is 2.89. The normalized spacial score (nSPS) is 17.1. The van der Waals surface area contributed by atoms with Gasteiger partial charge in [-0.2, -0.15) is 4.98 Å². The maximum absolute atomic E-state index is 5.63. The van der Waals surface area contributed by atoms with E-state index in [1.165, 1.54) is 0 Å². The van der Waals surface area contributed by atoms with Crippen molar-refractivity contribution in [1.82, 2.24) is 9.97 Å². The Morgan fingerprint density at radius 2 is 2.17 bits per heavy atom. The Hall–Kier alpha value is -2.30. The zero-order valence-corrected chi connectivity index (χ0v) is 10.1. The van der Waals surface area contributed by atoms with Gasteiger partial charge < -0.3 is 15.8 Å². The van der Waals surface area contributed by atoms with Crippen LogP contribution in [0.15, 0.2) is 30.3 Å². The van der Waals surface area contributed by atoms with E-state index in [1.54, 1.807) is 0 Å². The van der Waals surface area contributed by atoms with E-state index < -0.39 is 0 Å². The number of fused-ring (bicyclic) bond motifs is 1. The van der Waals surface area contributed by atoms with Gasteiger partial charge in [0.15, 0.2) is 0 Å². The standard InChI is InChI=1S/C13H14N4O/c1-8-6-12(17-13(14)15-8)16-10-7-18-11-5-3-2-4-9(10)11/h2-6,10H,7H2,1H3,(H3,14,15,16,17). The van der Waals surface area contributed by atoms with Crippen LogP contribution < -0.4 is 15.8 Å². The number of anilines is 2. The number of para-hydroxylation sites is 1. The van der Waals surface area contributed by atoms with Crippen LogP contribution in [-0.4, -0.2) is 16.6 Å². The zero-order valence-electron chi connectivity index (χ0n) is 10.1. The number of aromatic nitrogens is 2. The Morgan fingerprint density at radius 1 is 1.33 bits per heavy atom. The predicted octanol–water partition coefficient (Wildman–Crippen LogP) is 1.91. The average molecular weight is 242 g/mol. The van der Waals surface area contributed by atoms with E-state index in [4.69, 9.17) is 10.5 Å². The van der Waals surface area contributed by atoms with Crippen LogP contribution in [0.2, 0.25) is 0 Å². The first-order valence-electron chi connectivity index (χ1n) is 5.82. The number of hydrogen-bond donors (Lipinski definition) is 2. The summed E-state index contributed by atoms with van der Waals surface area (Å²) in [6.07, 6.45) is 0. The van der Waals surface area contributed by atoms with Gasteiger partial charge in [0, 0.05) is 17.3 Å². The van der Waals surface area contributed by atoms with Crippen LogP contribution in [0.3, 0.4) is 0 Å². The lowest BCUT2D eigenvalue weighted by atomic mass is 10.1. The maximum Gasteiger partial charge on any atom is 0.222 e. The number of nitrogens with two attached hydrogens (primary N) is 1. The Morgan fingerprint density at radius 3 is 3.00 bits per heavy atom. The monoisotopic (exact) mass is 242 g/mol. The molecule has 2 heterocycles. The van der Waals surface area contributed by atoms with Gasteiger partial charge in [-0.3, -0.25) is 0 Å². The molecule has 5 nitrogen and oxygen atoms in total. The van der Waals surface area contributed by atoms with Crippen LogP contribution in [0.4, 0.5) is 11.8 Å². The van der Waals surface area contributed by atoms with Gasteiger partial charge in [0.25, 0.3) is 0 Å². The number of ether oxygens (including phenoxy) is 1. The molecule has 0 saturated carbocycles. The van der Waals surface area contributed by atoms with Crippen LogP contribution >= 0.6 is 0 Å². The summed E-state index contributed by atoms with van der Waals surface area (Å²) in [5.74, 6) is 1.93. The quantitative estimate of drug-likeness (QED) is 0.841. The number of nitrogen functional groups attached to an aromatic ring is 1. The molecule has 92 valence electrons. The van der Waals surface area contributed by atoms with Crippen molar-refractivity contribution in [3.63, 3.8) is 0 Å². The molecule has 0 bridgehead atoms. The Balaban J connectivity index is 1.86. The Bertz CT molecular complexity index is 565. The van der Waals surface area contributed by atoms with Gasteiger partial charge in [-0.15, -0.1) is 0 Å². The summed E-state index contributed by atoms with van der Waals surface area (Å²) in [5.41, 5.74) is 7.63. The molecular weight excluding hydrogens is 228 g/mol. The SMILES string of the molecule is Cc1cc(NC2COc3ccccc32)nc(N)n1. The summed E-state index contributed by atoms with van der Waals surface area (Å²) < 4.78 is 5.61.